The lowest BCUT2D eigenvalue weighted by Gasteiger charge is -2.43. The van der Waals surface area contributed by atoms with Gasteiger partial charge in [0.15, 0.2) is 0 Å². The minimum Gasteiger partial charge on any atom is -0.308 e. The van der Waals surface area contributed by atoms with Crippen LogP contribution in [0.15, 0.2) is 5.38 Å². The molecule has 1 saturated carbocycles. The van der Waals surface area contributed by atoms with E-state index in [1.54, 1.807) is 0 Å². The van der Waals surface area contributed by atoms with Gasteiger partial charge in [-0.1, -0.05) is 6.42 Å². The van der Waals surface area contributed by atoms with Gasteiger partial charge in [-0.15, -0.1) is 11.3 Å². The summed E-state index contributed by atoms with van der Waals surface area (Å²) in [5.41, 5.74) is 1.27. The van der Waals surface area contributed by atoms with E-state index >= 15 is 0 Å². The number of hydrogen-bond donors (Lipinski definition) is 1. The van der Waals surface area contributed by atoms with Crippen LogP contribution in [-0.2, 0) is 13.1 Å². The van der Waals surface area contributed by atoms with E-state index in [9.17, 15) is 0 Å². The summed E-state index contributed by atoms with van der Waals surface area (Å²) in [6.07, 6.45) is 6.92. The molecule has 21 heavy (non-hydrogen) atoms. The van der Waals surface area contributed by atoms with Crippen LogP contribution in [0.1, 0.15) is 42.8 Å². The van der Waals surface area contributed by atoms with Crippen molar-refractivity contribution in [3.63, 3.8) is 0 Å². The van der Waals surface area contributed by atoms with Crippen molar-refractivity contribution in [2.75, 3.05) is 26.2 Å². The fourth-order valence-corrected chi connectivity index (χ4v) is 4.35. The fourth-order valence-electron chi connectivity index (χ4n) is 3.61. The van der Waals surface area contributed by atoms with E-state index in [0.717, 1.165) is 25.2 Å². The molecule has 116 valence electrons. The van der Waals surface area contributed by atoms with Gasteiger partial charge in [-0.3, -0.25) is 9.80 Å². The first-order valence-corrected chi connectivity index (χ1v) is 9.38. The molecule has 0 radical (unpaired) electrons. The molecule has 1 aromatic heterocycles. The zero-order chi connectivity index (χ0) is 14.1. The molecule has 1 N–H and O–H groups in total. The van der Waals surface area contributed by atoms with Gasteiger partial charge in [0.25, 0.3) is 0 Å². The first-order valence-electron chi connectivity index (χ1n) is 8.50. The van der Waals surface area contributed by atoms with E-state index in [4.69, 9.17) is 4.98 Å². The predicted octanol–water partition coefficient (Wildman–Crippen LogP) is 2.07. The lowest BCUT2D eigenvalue weighted by Crippen LogP contribution is -2.54. The average molecular weight is 306 g/mol. The molecule has 0 amide bonds. The summed E-state index contributed by atoms with van der Waals surface area (Å²) in [6, 6.07) is 1.58. The molecule has 0 bridgehead atoms. The van der Waals surface area contributed by atoms with E-state index in [-0.39, 0.29) is 0 Å². The molecule has 0 spiro atoms. The van der Waals surface area contributed by atoms with Gasteiger partial charge in [-0.05, 0) is 32.2 Å². The molecule has 1 atom stereocenters. The van der Waals surface area contributed by atoms with Crippen LogP contribution < -0.4 is 5.32 Å². The molecule has 1 unspecified atom stereocenters. The number of piperazine rings is 1. The topological polar surface area (TPSA) is 31.4 Å². The molecule has 1 aromatic rings. The third-order valence-corrected chi connectivity index (χ3v) is 5.92. The van der Waals surface area contributed by atoms with E-state index in [1.165, 1.54) is 69.0 Å². The number of thiazole rings is 1. The molecular formula is C16H26N4S. The Morgan fingerprint density at radius 1 is 1.19 bits per heavy atom. The molecule has 3 heterocycles. The van der Waals surface area contributed by atoms with Crippen LogP contribution in [0.3, 0.4) is 0 Å². The van der Waals surface area contributed by atoms with Gasteiger partial charge in [0, 0.05) is 50.2 Å². The Bertz CT molecular complexity index is 471. The third-order valence-electron chi connectivity index (χ3n) is 5.03. The SMILES string of the molecule is c1sc(CNC2CC2)nc1CN1CCN2CCCCC2C1. The van der Waals surface area contributed by atoms with Crippen molar-refractivity contribution in [1.82, 2.24) is 20.1 Å². The number of hydrogen-bond acceptors (Lipinski definition) is 5. The van der Waals surface area contributed by atoms with Crippen LogP contribution in [0.25, 0.3) is 0 Å². The summed E-state index contributed by atoms with van der Waals surface area (Å²) in [5, 5.41) is 7.07. The molecule has 5 heteroatoms. The first kappa shape index (κ1) is 14.1. The zero-order valence-electron chi connectivity index (χ0n) is 12.8. The fraction of sp³-hybridized carbons (Fsp3) is 0.812. The third kappa shape index (κ3) is 3.65. The molecule has 3 fully saturated rings. The van der Waals surface area contributed by atoms with E-state index in [1.807, 2.05) is 11.3 Å². The summed E-state index contributed by atoms with van der Waals surface area (Å²) in [5.74, 6) is 0. The van der Waals surface area contributed by atoms with Crippen molar-refractivity contribution in [3.8, 4) is 0 Å². The zero-order valence-corrected chi connectivity index (χ0v) is 13.6. The Morgan fingerprint density at radius 2 is 2.14 bits per heavy atom. The highest BCUT2D eigenvalue weighted by atomic mass is 32.1. The number of aromatic nitrogens is 1. The minimum absolute atomic E-state index is 0.775. The summed E-state index contributed by atoms with van der Waals surface area (Å²) >= 11 is 1.82. The molecule has 4 nitrogen and oxygen atoms in total. The Hall–Kier alpha value is -0.490. The minimum atomic E-state index is 0.775. The average Bonchev–Trinajstić information content (AvgIpc) is 3.25. The van der Waals surface area contributed by atoms with Crippen molar-refractivity contribution in [2.45, 2.75) is 57.3 Å². The highest BCUT2D eigenvalue weighted by Crippen LogP contribution is 2.23. The van der Waals surface area contributed by atoms with Crippen molar-refractivity contribution >= 4 is 11.3 Å². The Balaban J connectivity index is 1.29. The lowest BCUT2D eigenvalue weighted by atomic mass is 9.99. The molecule has 2 saturated heterocycles. The van der Waals surface area contributed by atoms with E-state index in [0.29, 0.717) is 0 Å². The highest BCUT2D eigenvalue weighted by molar-refractivity contribution is 7.09. The van der Waals surface area contributed by atoms with Crippen LogP contribution in [-0.4, -0.2) is 53.0 Å². The van der Waals surface area contributed by atoms with Crippen molar-refractivity contribution < 1.29 is 0 Å². The Morgan fingerprint density at radius 3 is 3.05 bits per heavy atom. The van der Waals surface area contributed by atoms with E-state index < -0.39 is 0 Å². The van der Waals surface area contributed by atoms with Crippen LogP contribution in [0.4, 0.5) is 0 Å². The normalized spacial score (nSPS) is 27.7. The maximum absolute atomic E-state index is 4.81. The maximum Gasteiger partial charge on any atom is 0.107 e. The number of fused-ring (bicyclic) bond motifs is 1. The smallest absolute Gasteiger partial charge is 0.107 e. The molecule has 0 aromatic carbocycles. The van der Waals surface area contributed by atoms with Crippen molar-refractivity contribution in [3.05, 3.63) is 16.1 Å². The molecule has 3 aliphatic rings. The molecule has 2 aliphatic heterocycles. The van der Waals surface area contributed by atoms with Crippen LogP contribution >= 0.6 is 11.3 Å². The Labute approximate surface area is 131 Å². The highest BCUT2D eigenvalue weighted by Gasteiger charge is 2.29. The summed E-state index contributed by atoms with van der Waals surface area (Å²) in [7, 11) is 0. The summed E-state index contributed by atoms with van der Waals surface area (Å²) < 4.78 is 0. The van der Waals surface area contributed by atoms with Crippen LogP contribution in [0.5, 0.6) is 0 Å². The van der Waals surface area contributed by atoms with Gasteiger partial charge in [0.2, 0.25) is 0 Å². The summed E-state index contributed by atoms with van der Waals surface area (Å²) in [4.78, 5) is 10.1. The first-order chi connectivity index (χ1) is 10.4. The molecule has 4 rings (SSSR count). The van der Waals surface area contributed by atoms with Gasteiger partial charge in [0.1, 0.15) is 5.01 Å². The van der Waals surface area contributed by atoms with Gasteiger partial charge < -0.3 is 5.32 Å². The van der Waals surface area contributed by atoms with Crippen LogP contribution in [0, 0.1) is 0 Å². The van der Waals surface area contributed by atoms with Crippen molar-refractivity contribution in [2.24, 2.45) is 0 Å². The molecule has 1 aliphatic carbocycles. The second-order valence-electron chi connectivity index (χ2n) is 6.81. The number of nitrogens with zero attached hydrogens (tertiary/aromatic N) is 3. The Kier molecular flexibility index (Phi) is 4.25. The van der Waals surface area contributed by atoms with Gasteiger partial charge >= 0.3 is 0 Å². The second-order valence-corrected chi connectivity index (χ2v) is 7.75. The standard InChI is InChI=1S/C16H26N4S/c1-2-6-20-8-7-19(11-15(20)3-1)10-14-12-21-16(18-14)9-17-13-4-5-13/h12-13,15,17H,1-11H2. The number of rotatable bonds is 5. The maximum atomic E-state index is 4.81. The van der Waals surface area contributed by atoms with Crippen LogP contribution in [0.2, 0.25) is 0 Å². The largest absolute Gasteiger partial charge is 0.308 e. The number of nitrogens with one attached hydrogen (secondary N) is 1. The van der Waals surface area contributed by atoms with Gasteiger partial charge in [0.05, 0.1) is 5.69 Å². The quantitative estimate of drug-likeness (QED) is 0.902. The van der Waals surface area contributed by atoms with Gasteiger partial charge in [-0.25, -0.2) is 4.98 Å². The number of piperidine rings is 1. The monoisotopic (exact) mass is 306 g/mol. The van der Waals surface area contributed by atoms with Gasteiger partial charge in [-0.2, -0.15) is 0 Å². The molecular weight excluding hydrogens is 280 g/mol. The van der Waals surface area contributed by atoms with Crippen molar-refractivity contribution in [1.29, 1.82) is 0 Å². The predicted molar refractivity (Wildman–Crippen MR) is 86.5 cm³/mol. The van der Waals surface area contributed by atoms with E-state index in [2.05, 4.69) is 20.5 Å². The second kappa shape index (κ2) is 6.32. The summed E-state index contributed by atoms with van der Waals surface area (Å²) in [6.45, 7) is 7.05. The lowest BCUT2D eigenvalue weighted by molar-refractivity contribution is 0.0452.